The Bertz CT molecular complexity index is 242. The third-order valence-electron chi connectivity index (χ3n) is 3.30. The second-order valence-corrected chi connectivity index (χ2v) is 4.28. The number of urea groups is 1. The van der Waals surface area contributed by atoms with Gasteiger partial charge in [-0.3, -0.25) is 0 Å². The van der Waals surface area contributed by atoms with Gasteiger partial charge in [0.15, 0.2) is 0 Å². The average Bonchev–Trinajstić information content (AvgIpc) is 2.32. The van der Waals surface area contributed by atoms with Gasteiger partial charge in [-0.2, -0.15) is 0 Å². The second kappa shape index (κ2) is 2.59. The van der Waals surface area contributed by atoms with Crippen molar-refractivity contribution in [1.82, 2.24) is 10.2 Å². The fourth-order valence-corrected chi connectivity index (χ4v) is 2.43. The first-order chi connectivity index (χ1) is 6.02. The van der Waals surface area contributed by atoms with Crippen molar-refractivity contribution in [3.05, 3.63) is 0 Å². The molecule has 3 atom stereocenters. The summed E-state index contributed by atoms with van der Waals surface area (Å²) in [6, 6.07) is -0.393. The van der Waals surface area contributed by atoms with Gasteiger partial charge in [0.05, 0.1) is 12.1 Å². The van der Waals surface area contributed by atoms with Gasteiger partial charge in [0.1, 0.15) is 5.67 Å². The van der Waals surface area contributed by atoms with Crippen LogP contribution in [0.2, 0.25) is 0 Å². The summed E-state index contributed by atoms with van der Waals surface area (Å²) in [5.74, 6) is 0. The lowest BCUT2D eigenvalue weighted by Crippen LogP contribution is -2.52. The molecule has 3 nitrogen and oxygen atoms in total. The summed E-state index contributed by atoms with van der Waals surface area (Å²) in [5.41, 5.74) is -1.23. The summed E-state index contributed by atoms with van der Waals surface area (Å²) < 4.78 is 13.9. The van der Waals surface area contributed by atoms with Gasteiger partial charge in [-0.25, -0.2) is 9.18 Å². The maximum atomic E-state index is 13.9. The minimum absolute atomic E-state index is 0.0521. The molecule has 1 N–H and O–H groups in total. The average molecular weight is 186 g/mol. The molecule has 0 radical (unpaired) electrons. The smallest absolute Gasteiger partial charge is 0.317 e. The highest BCUT2D eigenvalue weighted by Crippen LogP contribution is 2.36. The Morgan fingerprint density at radius 1 is 1.69 bits per heavy atom. The Hall–Kier alpha value is -0.800. The van der Waals surface area contributed by atoms with Gasteiger partial charge in [-0.05, 0) is 26.2 Å². The molecule has 1 aliphatic heterocycles. The maximum absolute atomic E-state index is 13.9. The van der Waals surface area contributed by atoms with Crippen LogP contribution in [-0.2, 0) is 0 Å². The molecule has 74 valence electrons. The van der Waals surface area contributed by atoms with Crippen LogP contribution in [0.3, 0.4) is 0 Å². The summed E-state index contributed by atoms with van der Waals surface area (Å²) in [4.78, 5) is 12.9. The highest BCUT2D eigenvalue weighted by molar-refractivity contribution is 5.77. The molecule has 0 aromatic rings. The molecule has 2 amide bonds. The minimum atomic E-state index is -1.23. The van der Waals surface area contributed by atoms with Gasteiger partial charge < -0.3 is 10.2 Å². The fraction of sp³-hybridized carbons (Fsp3) is 0.889. The summed E-state index contributed by atoms with van der Waals surface area (Å²) >= 11 is 0. The largest absolute Gasteiger partial charge is 0.330 e. The first kappa shape index (κ1) is 8.78. The topological polar surface area (TPSA) is 32.3 Å². The Morgan fingerprint density at radius 2 is 2.38 bits per heavy atom. The summed E-state index contributed by atoms with van der Waals surface area (Å²) in [6.45, 7) is 1.59. The molecule has 2 aliphatic rings. The van der Waals surface area contributed by atoms with Crippen molar-refractivity contribution in [3.63, 3.8) is 0 Å². The number of carbonyl (C=O) groups is 1. The van der Waals surface area contributed by atoms with Crippen LogP contribution in [0.5, 0.6) is 0 Å². The molecular formula is C9H15FN2O. The Morgan fingerprint density at radius 3 is 3.00 bits per heavy atom. The first-order valence-electron chi connectivity index (χ1n) is 4.74. The minimum Gasteiger partial charge on any atom is -0.330 e. The lowest BCUT2D eigenvalue weighted by atomic mass is 9.80. The Kier molecular flexibility index (Phi) is 1.75. The molecule has 2 rings (SSSR count). The van der Waals surface area contributed by atoms with Crippen LogP contribution in [-0.4, -0.2) is 35.7 Å². The molecule has 1 unspecified atom stereocenters. The number of carbonyl (C=O) groups excluding carboxylic acids is 1. The quantitative estimate of drug-likeness (QED) is 0.607. The molecule has 0 aromatic heterocycles. The molecule has 4 heteroatoms. The van der Waals surface area contributed by atoms with Gasteiger partial charge >= 0.3 is 6.03 Å². The van der Waals surface area contributed by atoms with E-state index in [-0.39, 0.29) is 18.1 Å². The fourth-order valence-electron chi connectivity index (χ4n) is 2.43. The summed E-state index contributed by atoms with van der Waals surface area (Å²) in [6.07, 6.45) is 2.34. The Balaban J connectivity index is 2.23. The van der Waals surface area contributed by atoms with E-state index in [0.717, 1.165) is 12.8 Å². The molecule has 1 saturated heterocycles. The highest BCUT2D eigenvalue weighted by atomic mass is 19.1. The van der Waals surface area contributed by atoms with Crippen LogP contribution in [0.15, 0.2) is 0 Å². The summed E-state index contributed by atoms with van der Waals surface area (Å²) in [5, 5.41) is 2.71. The number of alkyl halides is 1. The number of likely N-dealkylation sites (N-methyl/N-ethyl adjacent to an activating group) is 1. The lowest BCUT2D eigenvalue weighted by molar-refractivity contribution is 0.0676. The number of fused-ring (bicyclic) bond motifs is 1. The predicted molar refractivity (Wildman–Crippen MR) is 47.2 cm³/mol. The lowest BCUT2D eigenvalue weighted by Gasteiger charge is -2.37. The molecule has 1 heterocycles. The number of halogens is 1. The maximum Gasteiger partial charge on any atom is 0.317 e. The molecular weight excluding hydrogens is 171 g/mol. The van der Waals surface area contributed by atoms with E-state index in [4.69, 9.17) is 0 Å². The Labute approximate surface area is 77.3 Å². The van der Waals surface area contributed by atoms with E-state index in [1.807, 2.05) is 0 Å². The molecule has 1 saturated carbocycles. The van der Waals surface area contributed by atoms with Crippen LogP contribution in [0.4, 0.5) is 9.18 Å². The summed E-state index contributed by atoms with van der Waals surface area (Å²) in [7, 11) is 1.74. The van der Waals surface area contributed by atoms with E-state index >= 15 is 0 Å². The SMILES string of the molecule is CN1C(=O)N[C@@H]2[C@H]1CCCC2(C)F. The van der Waals surface area contributed by atoms with Crippen LogP contribution in [0, 0.1) is 0 Å². The number of rotatable bonds is 0. The van der Waals surface area contributed by atoms with E-state index in [1.54, 1.807) is 18.9 Å². The van der Waals surface area contributed by atoms with Crippen LogP contribution in [0.1, 0.15) is 26.2 Å². The third-order valence-corrected chi connectivity index (χ3v) is 3.30. The number of nitrogens with one attached hydrogen (secondary N) is 1. The zero-order valence-electron chi connectivity index (χ0n) is 8.01. The van der Waals surface area contributed by atoms with Crippen molar-refractivity contribution in [3.8, 4) is 0 Å². The number of hydrogen-bond donors (Lipinski definition) is 1. The number of amides is 2. The molecule has 0 aromatic carbocycles. The monoisotopic (exact) mass is 186 g/mol. The molecule has 2 fully saturated rings. The van der Waals surface area contributed by atoms with Crippen molar-refractivity contribution in [2.24, 2.45) is 0 Å². The van der Waals surface area contributed by atoms with Crippen molar-refractivity contribution < 1.29 is 9.18 Å². The standard InChI is InChI=1S/C9H15FN2O/c1-9(10)5-3-4-6-7(9)11-8(13)12(6)2/h6-7H,3-5H2,1-2H3,(H,11,13)/t6-,7-,9?/m1/s1. The molecule has 13 heavy (non-hydrogen) atoms. The van der Waals surface area contributed by atoms with E-state index in [1.165, 1.54) is 0 Å². The van der Waals surface area contributed by atoms with E-state index in [0.29, 0.717) is 6.42 Å². The van der Waals surface area contributed by atoms with Crippen molar-refractivity contribution in [1.29, 1.82) is 0 Å². The first-order valence-corrected chi connectivity index (χ1v) is 4.74. The third kappa shape index (κ3) is 1.19. The van der Waals surface area contributed by atoms with Gasteiger partial charge in [0.25, 0.3) is 0 Å². The van der Waals surface area contributed by atoms with Gasteiger partial charge in [0, 0.05) is 7.05 Å². The zero-order chi connectivity index (χ0) is 9.64. The molecule has 0 bridgehead atoms. The van der Waals surface area contributed by atoms with Crippen molar-refractivity contribution >= 4 is 6.03 Å². The van der Waals surface area contributed by atoms with Gasteiger partial charge in [0.2, 0.25) is 0 Å². The van der Waals surface area contributed by atoms with Crippen LogP contribution in [0.25, 0.3) is 0 Å². The zero-order valence-corrected chi connectivity index (χ0v) is 8.01. The van der Waals surface area contributed by atoms with E-state index in [2.05, 4.69) is 5.32 Å². The number of hydrogen-bond acceptors (Lipinski definition) is 1. The highest BCUT2D eigenvalue weighted by Gasteiger charge is 2.50. The van der Waals surface area contributed by atoms with E-state index < -0.39 is 5.67 Å². The predicted octanol–water partition coefficient (Wildman–Crippen LogP) is 1.29. The van der Waals surface area contributed by atoms with Gasteiger partial charge in [-0.1, -0.05) is 0 Å². The van der Waals surface area contributed by atoms with Crippen LogP contribution >= 0.6 is 0 Å². The van der Waals surface area contributed by atoms with Crippen LogP contribution < -0.4 is 5.32 Å². The van der Waals surface area contributed by atoms with Crippen molar-refractivity contribution in [2.45, 2.75) is 43.9 Å². The van der Waals surface area contributed by atoms with Crippen molar-refractivity contribution in [2.75, 3.05) is 7.05 Å². The molecule has 1 aliphatic carbocycles. The number of nitrogens with zero attached hydrogens (tertiary/aromatic N) is 1. The molecule has 0 spiro atoms. The van der Waals surface area contributed by atoms with Gasteiger partial charge in [-0.15, -0.1) is 0 Å². The second-order valence-electron chi connectivity index (χ2n) is 4.28. The normalized spacial score (nSPS) is 44.5. The van der Waals surface area contributed by atoms with E-state index in [9.17, 15) is 9.18 Å².